The van der Waals surface area contributed by atoms with Crippen LogP contribution in [0.3, 0.4) is 0 Å². The van der Waals surface area contributed by atoms with Crippen LogP contribution in [0.15, 0.2) is 55.8 Å². The van der Waals surface area contributed by atoms with Crippen LogP contribution in [-0.4, -0.2) is 31.4 Å². The first-order valence-electron chi connectivity index (χ1n) is 10.4. The number of hydrogen-bond donors (Lipinski definition) is 0. The molecule has 1 aliphatic heterocycles. The Hall–Kier alpha value is -3.59. The molecule has 0 N–H and O–H groups in total. The molecule has 4 rings (SSSR count). The molecule has 0 amide bonds. The Labute approximate surface area is 194 Å². The van der Waals surface area contributed by atoms with Gasteiger partial charge in [-0.15, -0.1) is 0 Å². The van der Waals surface area contributed by atoms with Gasteiger partial charge in [-0.3, -0.25) is 9.36 Å². The molecule has 0 fully saturated rings. The van der Waals surface area contributed by atoms with Crippen molar-refractivity contribution >= 4 is 23.4 Å². The molecule has 0 saturated heterocycles. The average Bonchev–Trinajstić information content (AvgIpc) is 3.34. The van der Waals surface area contributed by atoms with Crippen molar-refractivity contribution in [3.8, 4) is 11.5 Å². The van der Waals surface area contributed by atoms with Gasteiger partial charge in [-0.25, -0.2) is 9.79 Å². The number of benzene rings is 1. The number of aromatic nitrogens is 1. The van der Waals surface area contributed by atoms with Gasteiger partial charge in [0.25, 0.3) is 5.56 Å². The van der Waals surface area contributed by atoms with Crippen molar-refractivity contribution in [2.45, 2.75) is 26.8 Å². The smallest absolute Gasteiger partial charge is 0.338 e. The Morgan fingerprint density at radius 3 is 2.64 bits per heavy atom. The Balaban J connectivity index is 2.02. The third-order valence-corrected chi connectivity index (χ3v) is 6.26. The highest BCUT2D eigenvalue weighted by Crippen LogP contribution is 2.40. The summed E-state index contributed by atoms with van der Waals surface area (Å²) in [6.07, 6.45) is 1.68. The van der Waals surface area contributed by atoms with E-state index in [1.807, 2.05) is 13.0 Å². The lowest BCUT2D eigenvalue weighted by Crippen LogP contribution is -2.40. The molecule has 2 aromatic heterocycles. The summed E-state index contributed by atoms with van der Waals surface area (Å²) >= 11 is 1.23. The van der Waals surface area contributed by atoms with E-state index in [9.17, 15) is 9.59 Å². The van der Waals surface area contributed by atoms with Crippen LogP contribution in [0.1, 0.15) is 37.0 Å². The van der Waals surface area contributed by atoms with E-state index in [0.717, 1.165) is 5.76 Å². The van der Waals surface area contributed by atoms with Crippen molar-refractivity contribution in [3.63, 3.8) is 0 Å². The average molecular weight is 469 g/mol. The normalized spacial score (nSPS) is 15.8. The molecule has 3 heterocycles. The maximum Gasteiger partial charge on any atom is 0.338 e. The molecular weight excluding hydrogens is 444 g/mol. The van der Waals surface area contributed by atoms with E-state index < -0.39 is 12.0 Å². The second-order valence-corrected chi connectivity index (χ2v) is 8.34. The van der Waals surface area contributed by atoms with Crippen molar-refractivity contribution < 1.29 is 23.4 Å². The fourth-order valence-corrected chi connectivity index (χ4v) is 4.90. The number of carbonyl (C=O) groups excluding carboxylic acids is 1. The molecule has 3 aromatic rings. The molecule has 0 aliphatic carbocycles. The summed E-state index contributed by atoms with van der Waals surface area (Å²) in [6.45, 7) is 5.50. The van der Waals surface area contributed by atoms with E-state index in [2.05, 4.69) is 4.99 Å². The Morgan fingerprint density at radius 2 is 2.00 bits per heavy atom. The van der Waals surface area contributed by atoms with E-state index in [0.29, 0.717) is 37.9 Å². The lowest BCUT2D eigenvalue weighted by molar-refractivity contribution is -0.139. The number of hydrogen-bond acceptors (Lipinski definition) is 8. The number of para-hydroxylation sites is 1. The molecule has 9 heteroatoms. The predicted octanol–water partition coefficient (Wildman–Crippen LogP) is 2.72. The van der Waals surface area contributed by atoms with Gasteiger partial charge in [-0.2, -0.15) is 0 Å². The lowest BCUT2D eigenvalue weighted by Gasteiger charge is -2.26. The van der Waals surface area contributed by atoms with E-state index in [4.69, 9.17) is 18.6 Å². The van der Waals surface area contributed by atoms with Gasteiger partial charge < -0.3 is 18.6 Å². The fourth-order valence-electron chi connectivity index (χ4n) is 3.87. The van der Waals surface area contributed by atoms with Crippen LogP contribution in [0.2, 0.25) is 0 Å². The second-order valence-electron chi connectivity index (χ2n) is 7.33. The number of fused-ring (bicyclic) bond motifs is 1. The van der Waals surface area contributed by atoms with Crippen LogP contribution in [0.4, 0.5) is 0 Å². The zero-order chi connectivity index (χ0) is 23.7. The van der Waals surface area contributed by atoms with Crippen molar-refractivity contribution in [1.82, 2.24) is 4.57 Å². The Morgan fingerprint density at radius 1 is 1.21 bits per heavy atom. The summed E-state index contributed by atoms with van der Waals surface area (Å²) in [4.78, 5) is 31.6. The molecule has 0 radical (unpaired) electrons. The van der Waals surface area contributed by atoms with Crippen LogP contribution in [0, 0.1) is 6.92 Å². The second kappa shape index (κ2) is 9.11. The fraction of sp³-hybridized carbons (Fsp3) is 0.292. The minimum atomic E-state index is -0.800. The monoisotopic (exact) mass is 468 g/mol. The van der Waals surface area contributed by atoms with Gasteiger partial charge >= 0.3 is 5.97 Å². The summed E-state index contributed by atoms with van der Waals surface area (Å²) in [5.74, 6) is 1.69. The molecule has 8 nitrogen and oxygen atoms in total. The molecular formula is C24H24N2O6S. The predicted molar refractivity (Wildman–Crippen MR) is 123 cm³/mol. The quantitative estimate of drug-likeness (QED) is 0.517. The standard InChI is InChI=1S/C24H24N2O6S/c1-6-31-23(28)19-14(3)25-24-26(20(19)16-8-7-9-17(29-4)21(16)30-5)22(27)18(33-24)12-15-11-10-13(2)32-15/h7-12,20H,6H2,1-5H3/b18-12-. The molecule has 1 unspecified atom stereocenters. The van der Waals surface area contributed by atoms with Crippen LogP contribution in [-0.2, 0) is 9.53 Å². The first-order valence-corrected chi connectivity index (χ1v) is 11.2. The molecule has 0 saturated carbocycles. The number of carbonyl (C=O) groups is 1. The summed E-state index contributed by atoms with van der Waals surface area (Å²) in [5.41, 5.74) is 1.05. The number of aryl methyl sites for hydroxylation is 1. The molecule has 0 spiro atoms. The minimum absolute atomic E-state index is 0.194. The van der Waals surface area contributed by atoms with Gasteiger partial charge in [0.15, 0.2) is 16.3 Å². The number of ether oxygens (including phenoxy) is 3. The Bertz CT molecular complexity index is 1430. The number of furan rings is 1. The molecule has 1 aromatic carbocycles. The molecule has 172 valence electrons. The highest BCUT2D eigenvalue weighted by molar-refractivity contribution is 7.07. The van der Waals surface area contributed by atoms with E-state index >= 15 is 0 Å². The third-order valence-electron chi connectivity index (χ3n) is 5.28. The maximum atomic E-state index is 13.6. The largest absolute Gasteiger partial charge is 0.493 e. The molecule has 0 bridgehead atoms. The number of methoxy groups -OCH3 is 2. The highest BCUT2D eigenvalue weighted by atomic mass is 32.1. The summed E-state index contributed by atoms with van der Waals surface area (Å²) in [7, 11) is 3.05. The van der Waals surface area contributed by atoms with Crippen molar-refractivity contribution in [3.05, 3.63) is 78.4 Å². The SMILES string of the molecule is CCOC(=O)C1=C(C)N=c2s/c(=C\c3ccc(C)o3)c(=O)n2C1c1cccc(OC)c1OC. The first-order chi connectivity index (χ1) is 15.9. The zero-order valence-electron chi connectivity index (χ0n) is 19.0. The van der Waals surface area contributed by atoms with Crippen LogP contribution in [0.5, 0.6) is 11.5 Å². The zero-order valence-corrected chi connectivity index (χ0v) is 19.8. The van der Waals surface area contributed by atoms with Crippen molar-refractivity contribution in [1.29, 1.82) is 0 Å². The van der Waals surface area contributed by atoms with E-state index in [-0.39, 0.29) is 17.7 Å². The lowest BCUT2D eigenvalue weighted by atomic mass is 9.94. The Kier molecular flexibility index (Phi) is 6.24. The van der Waals surface area contributed by atoms with E-state index in [1.54, 1.807) is 44.2 Å². The molecule has 1 atom stereocenters. The number of nitrogens with zero attached hydrogens (tertiary/aromatic N) is 2. The van der Waals surface area contributed by atoms with E-state index in [1.165, 1.54) is 30.1 Å². The summed E-state index contributed by atoms with van der Waals surface area (Å²) < 4.78 is 24.0. The highest BCUT2D eigenvalue weighted by Gasteiger charge is 2.35. The third kappa shape index (κ3) is 4.00. The number of allylic oxidation sites excluding steroid dienone is 1. The maximum absolute atomic E-state index is 13.6. The van der Waals surface area contributed by atoms with Gasteiger partial charge in [0.1, 0.15) is 17.6 Å². The topological polar surface area (TPSA) is 92.3 Å². The number of thiazole rings is 1. The molecule has 33 heavy (non-hydrogen) atoms. The van der Waals surface area contributed by atoms with Crippen LogP contribution < -0.4 is 24.4 Å². The van der Waals surface area contributed by atoms with Gasteiger partial charge in [0.2, 0.25) is 0 Å². The van der Waals surface area contributed by atoms with Gasteiger partial charge in [-0.05, 0) is 39.0 Å². The van der Waals surface area contributed by atoms with Crippen molar-refractivity contribution in [2.75, 3.05) is 20.8 Å². The van der Waals surface area contributed by atoms with Gasteiger partial charge in [0, 0.05) is 11.6 Å². The number of esters is 1. The van der Waals surface area contributed by atoms with Gasteiger partial charge in [0.05, 0.1) is 36.6 Å². The number of rotatable bonds is 6. The first kappa shape index (κ1) is 22.6. The van der Waals surface area contributed by atoms with Crippen LogP contribution in [0.25, 0.3) is 6.08 Å². The van der Waals surface area contributed by atoms with Crippen LogP contribution >= 0.6 is 11.3 Å². The van der Waals surface area contributed by atoms with Crippen molar-refractivity contribution in [2.24, 2.45) is 4.99 Å². The van der Waals surface area contributed by atoms with Gasteiger partial charge in [-0.1, -0.05) is 23.5 Å². The molecule has 1 aliphatic rings. The summed E-state index contributed by atoms with van der Waals surface area (Å²) in [5, 5.41) is 0. The summed E-state index contributed by atoms with van der Waals surface area (Å²) in [6, 6.07) is 8.17. The minimum Gasteiger partial charge on any atom is -0.493 e.